The minimum absolute atomic E-state index is 0. The van der Waals surface area contributed by atoms with E-state index in [4.69, 9.17) is 0 Å². The molecule has 0 fully saturated rings. The molecule has 0 aliphatic heterocycles. The summed E-state index contributed by atoms with van der Waals surface area (Å²) in [6.07, 6.45) is -0.506. The van der Waals surface area contributed by atoms with Crippen LogP contribution in [0.3, 0.4) is 0 Å². The summed E-state index contributed by atoms with van der Waals surface area (Å²) < 4.78 is 4.60. The van der Waals surface area contributed by atoms with Crippen LogP contribution in [0.2, 0.25) is 0 Å². The fourth-order valence-electron chi connectivity index (χ4n) is 0.175. The van der Waals surface area contributed by atoms with Crippen LogP contribution in [0.1, 0.15) is 13.8 Å². The first-order valence-electron chi connectivity index (χ1n) is 2.53. The van der Waals surface area contributed by atoms with Crippen LogP contribution >= 0.6 is 0 Å². The first kappa shape index (κ1) is 12.8. The van der Waals surface area contributed by atoms with Crippen LogP contribution in [0, 0.1) is 0 Å². The molecule has 0 rings (SSSR count). The molecule has 0 aromatic carbocycles. The van der Waals surface area contributed by atoms with Crippen LogP contribution in [0.5, 0.6) is 0 Å². The van der Waals surface area contributed by atoms with E-state index in [-0.39, 0.29) is 21.7 Å². The molecule has 5 heteroatoms. The van der Waals surface area contributed by atoms with Gasteiger partial charge in [-0.3, -0.25) is 4.89 Å². The van der Waals surface area contributed by atoms with Crippen LogP contribution < -0.4 is 0 Å². The molecule has 10 heavy (non-hydrogen) atoms. The molecular formula is C5H10O4Ti+2. The molecule has 0 N–H and O–H groups in total. The summed E-state index contributed by atoms with van der Waals surface area (Å²) >= 11 is 0. The van der Waals surface area contributed by atoms with Crippen molar-refractivity contribution in [1.29, 1.82) is 0 Å². The molecule has 4 nitrogen and oxygen atoms in total. The Balaban J connectivity index is 0. The van der Waals surface area contributed by atoms with Gasteiger partial charge in [0.2, 0.25) is 0 Å². The third kappa shape index (κ3) is 8.10. The smallest absolute Gasteiger partial charge is 0.352 e. The number of ether oxygens (including phenoxy) is 1. The Kier molecular flexibility index (Phi) is 9.20. The topological polar surface area (TPSA) is 44.8 Å². The van der Waals surface area contributed by atoms with Gasteiger partial charge in [-0.2, -0.15) is 4.89 Å². The normalized spacial score (nSPS) is 11.5. The number of hydrogen-bond acceptors (Lipinski definition) is 4. The zero-order valence-corrected chi connectivity index (χ0v) is 7.77. The average molecular weight is 182 g/mol. The molecule has 0 bridgehead atoms. The second-order valence-corrected chi connectivity index (χ2v) is 1.47. The number of methoxy groups -OCH3 is 1. The third-order valence-corrected chi connectivity index (χ3v) is 0.633. The van der Waals surface area contributed by atoms with Gasteiger partial charge in [0.1, 0.15) is 0 Å². The van der Waals surface area contributed by atoms with Gasteiger partial charge in [-0.15, -0.1) is 0 Å². The van der Waals surface area contributed by atoms with Crippen molar-refractivity contribution >= 4 is 5.97 Å². The van der Waals surface area contributed by atoms with Gasteiger partial charge in [-0.05, 0) is 6.92 Å². The van der Waals surface area contributed by atoms with Crippen LogP contribution in [0.25, 0.3) is 0 Å². The van der Waals surface area contributed by atoms with E-state index in [0.717, 1.165) is 0 Å². The van der Waals surface area contributed by atoms with Gasteiger partial charge in [0.15, 0.2) is 6.29 Å². The molecule has 1 unspecified atom stereocenters. The summed E-state index contributed by atoms with van der Waals surface area (Å²) in [5.74, 6) is -0.487. The Morgan fingerprint density at radius 1 is 1.50 bits per heavy atom. The Hall–Kier alpha value is 0.104. The Labute approximate surface area is 74.6 Å². The number of rotatable bonds is 3. The minimum Gasteiger partial charge on any atom is -0.352 e. The summed E-state index contributed by atoms with van der Waals surface area (Å²) in [5.41, 5.74) is 0. The van der Waals surface area contributed by atoms with Crippen LogP contribution in [0.4, 0.5) is 0 Å². The predicted octanol–water partition coefficient (Wildman–Crippen LogP) is 0.471. The molecule has 0 saturated heterocycles. The first-order valence-corrected chi connectivity index (χ1v) is 2.53. The van der Waals surface area contributed by atoms with Crippen molar-refractivity contribution in [3.05, 3.63) is 0 Å². The molecule has 0 saturated carbocycles. The number of hydrogen-bond donors (Lipinski definition) is 0. The molecule has 0 amide bonds. The van der Waals surface area contributed by atoms with Crippen molar-refractivity contribution in [2.24, 2.45) is 0 Å². The van der Waals surface area contributed by atoms with Crippen molar-refractivity contribution < 1.29 is 41.0 Å². The van der Waals surface area contributed by atoms with E-state index in [0.29, 0.717) is 0 Å². The van der Waals surface area contributed by atoms with E-state index in [2.05, 4.69) is 14.5 Å². The van der Waals surface area contributed by atoms with E-state index in [1.54, 1.807) is 6.92 Å². The standard InChI is InChI=1S/C5H10O4.Ti/c1-4(6)8-9-5(2)7-3;/h5H,1-3H3;/q;+2. The van der Waals surface area contributed by atoms with Crippen molar-refractivity contribution in [1.82, 2.24) is 0 Å². The fourth-order valence-corrected chi connectivity index (χ4v) is 0.175. The van der Waals surface area contributed by atoms with E-state index in [1.165, 1.54) is 14.0 Å². The quantitative estimate of drug-likeness (QED) is 0.275. The van der Waals surface area contributed by atoms with Crippen molar-refractivity contribution in [2.75, 3.05) is 7.11 Å². The minimum atomic E-state index is -0.506. The second-order valence-electron chi connectivity index (χ2n) is 1.47. The van der Waals surface area contributed by atoms with Gasteiger partial charge in [-0.1, -0.05) is 0 Å². The van der Waals surface area contributed by atoms with Crippen LogP contribution in [-0.4, -0.2) is 19.4 Å². The average Bonchev–Trinajstić information content (AvgIpc) is 1.83. The molecule has 1 atom stereocenters. The zero-order chi connectivity index (χ0) is 7.28. The fraction of sp³-hybridized carbons (Fsp3) is 0.800. The van der Waals surface area contributed by atoms with E-state index >= 15 is 0 Å². The maximum atomic E-state index is 10.1. The maximum absolute atomic E-state index is 10.1. The third-order valence-electron chi connectivity index (χ3n) is 0.633. The molecule has 0 aromatic rings. The maximum Gasteiger partial charge on any atom is 2.00 e. The molecule has 0 aromatic heterocycles. The molecule has 0 radical (unpaired) electrons. The Morgan fingerprint density at radius 3 is 2.30 bits per heavy atom. The van der Waals surface area contributed by atoms with Gasteiger partial charge in [0.05, 0.1) is 0 Å². The van der Waals surface area contributed by atoms with Crippen molar-refractivity contribution in [3.8, 4) is 0 Å². The predicted molar refractivity (Wildman–Crippen MR) is 29.3 cm³/mol. The summed E-state index contributed by atoms with van der Waals surface area (Å²) in [6.45, 7) is 2.87. The molecular weight excluding hydrogens is 172 g/mol. The second kappa shape index (κ2) is 7.21. The molecule has 0 aliphatic rings. The first-order chi connectivity index (χ1) is 4.16. The van der Waals surface area contributed by atoms with Crippen molar-refractivity contribution in [3.63, 3.8) is 0 Å². The van der Waals surface area contributed by atoms with E-state index in [1.807, 2.05) is 0 Å². The molecule has 0 heterocycles. The SMILES string of the molecule is COC(C)OOC(C)=O.[Ti+2]. The molecule has 0 spiro atoms. The zero-order valence-electron chi connectivity index (χ0n) is 6.21. The van der Waals surface area contributed by atoms with Gasteiger partial charge in [0.25, 0.3) is 0 Å². The van der Waals surface area contributed by atoms with Crippen molar-refractivity contribution in [2.45, 2.75) is 20.1 Å². The largest absolute Gasteiger partial charge is 2.00 e. The van der Waals surface area contributed by atoms with Gasteiger partial charge in [0, 0.05) is 14.0 Å². The number of carbonyl (C=O) groups excluding carboxylic acids is 1. The van der Waals surface area contributed by atoms with Gasteiger partial charge >= 0.3 is 27.7 Å². The summed E-state index contributed by atoms with van der Waals surface area (Å²) in [4.78, 5) is 18.6. The number of carbonyl (C=O) groups is 1. The Morgan fingerprint density at radius 2 is 2.00 bits per heavy atom. The summed E-state index contributed by atoms with van der Waals surface area (Å²) in [7, 11) is 1.45. The van der Waals surface area contributed by atoms with E-state index in [9.17, 15) is 4.79 Å². The van der Waals surface area contributed by atoms with Crippen LogP contribution in [0.15, 0.2) is 0 Å². The van der Waals surface area contributed by atoms with E-state index < -0.39 is 12.3 Å². The monoisotopic (exact) mass is 182 g/mol. The summed E-state index contributed by atoms with van der Waals surface area (Å²) in [5, 5.41) is 0. The molecule has 56 valence electrons. The van der Waals surface area contributed by atoms with Crippen LogP contribution in [-0.2, 0) is 41.0 Å². The van der Waals surface area contributed by atoms with Gasteiger partial charge in [-0.25, -0.2) is 4.79 Å². The summed E-state index contributed by atoms with van der Waals surface area (Å²) in [6, 6.07) is 0. The Bertz CT molecular complexity index is 95.6. The van der Waals surface area contributed by atoms with Gasteiger partial charge < -0.3 is 4.74 Å². The molecule has 0 aliphatic carbocycles.